The Bertz CT molecular complexity index is 412. The summed E-state index contributed by atoms with van der Waals surface area (Å²) in [5, 5.41) is 3.97. The molecule has 1 N–H and O–H groups in total. The van der Waals surface area contributed by atoms with Gasteiger partial charge >= 0.3 is 0 Å². The number of rotatable bonds is 1. The minimum absolute atomic E-state index is 0.114. The first-order valence-electron chi connectivity index (χ1n) is 5.94. The van der Waals surface area contributed by atoms with E-state index in [1.165, 1.54) is 0 Å². The zero-order valence-electron chi connectivity index (χ0n) is 10.0. The number of hydrogen-bond acceptors (Lipinski definition) is 2. The first kappa shape index (κ1) is 12.4. The molecular formula is C13H17ClN2O. The lowest BCUT2D eigenvalue weighted by atomic mass is 10.1. The van der Waals surface area contributed by atoms with Crippen LogP contribution in [0.25, 0.3) is 0 Å². The minimum Gasteiger partial charge on any atom is -0.337 e. The Labute approximate surface area is 107 Å². The topological polar surface area (TPSA) is 32.3 Å². The van der Waals surface area contributed by atoms with Gasteiger partial charge in [-0.25, -0.2) is 0 Å². The van der Waals surface area contributed by atoms with E-state index in [0.717, 1.165) is 43.7 Å². The van der Waals surface area contributed by atoms with E-state index in [0.29, 0.717) is 5.02 Å². The van der Waals surface area contributed by atoms with Crippen LogP contribution >= 0.6 is 11.6 Å². The number of carbonyl (C=O) groups excluding carboxylic acids is 1. The molecule has 1 fully saturated rings. The third kappa shape index (κ3) is 2.99. The molecule has 1 aromatic rings. The van der Waals surface area contributed by atoms with E-state index in [2.05, 4.69) is 5.32 Å². The van der Waals surface area contributed by atoms with Crippen LogP contribution in [0.1, 0.15) is 22.3 Å². The summed E-state index contributed by atoms with van der Waals surface area (Å²) < 4.78 is 0. The molecule has 2 rings (SSSR count). The molecule has 1 aliphatic rings. The molecule has 3 nitrogen and oxygen atoms in total. The van der Waals surface area contributed by atoms with E-state index >= 15 is 0 Å². The number of carbonyl (C=O) groups is 1. The van der Waals surface area contributed by atoms with Crippen molar-refractivity contribution >= 4 is 17.5 Å². The highest BCUT2D eigenvalue weighted by Crippen LogP contribution is 2.17. The molecule has 1 aliphatic heterocycles. The number of nitrogens with one attached hydrogen (secondary N) is 1. The zero-order valence-corrected chi connectivity index (χ0v) is 10.8. The Kier molecular flexibility index (Phi) is 4.02. The van der Waals surface area contributed by atoms with Crippen molar-refractivity contribution in [2.24, 2.45) is 0 Å². The number of nitrogens with zero attached hydrogens (tertiary/aromatic N) is 1. The van der Waals surface area contributed by atoms with Crippen molar-refractivity contribution in [3.8, 4) is 0 Å². The summed E-state index contributed by atoms with van der Waals surface area (Å²) in [4.78, 5) is 14.3. The van der Waals surface area contributed by atoms with Crippen molar-refractivity contribution in [1.82, 2.24) is 10.2 Å². The Morgan fingerprint density at radius 1 is 1.35 bits per heavy atom. The Morgan fingerprint density at radius 2 is 2.18 bits per heavy atom. The first-order chi connectivity index (χ1) is 8.18. The Morgan fingerprint density at radius 3 is 2.94 bits per heavy atom. The second-order valence-corrected chi connectivity index (χ2v) is 4.79. The van der Waals surface area contributed by atoms with Gasteiger partial charge in [0.25, 0.3) is 5.91 Å². The maximum Gasteiger partial charge on any atom is 0.254 e. The van der Waals surface area contributed by atoms with Crippen LogP contribution in [-0.2, 0) is 0 Å². The summed E-state index contributed by atoms with van der Waals surface area (Å²) in [5.41, 5.74) is 1.70. The van der Waals surface area contributed by atoms with Crippen LogP contribution in [0.15, 0.2) is 18.2 Å². The predicted molar refractivity (Wildman–Crippen MR) is 69.6 cm³/mol. The van der Waals surface area contributed by atoms with Crippen LogP contribution in [0.2, 0.25) is 5.02 Å². The molecule has 4 heteroatoms. The average molecular weight is 253 g/mol. The third-order valence-electron chi connectivity index (χ3n) is 3.05. The maximum atomic E-state index is 12.3. The first-order valence-corrected chi connectivity index (χ1v) is 6.32. The molecule has 1 heterocycles. The SMILES string of the molecule is Cc1cc(Cl)ccc1C(=O)N1CCCNCC1. The number of halogens is 1. The van der Waals surface area contributed by atoms with Crippen LogP contribution in [-0.4, -0.2) is 37.0 Å². The highest BCUT2D eigenvalue weighted by atomic mass is 35.5. The maximum absolute atomic E-state index is 12.3. The summed E-state index contributed by atoms with van der Waals surface area (Å²) in [7, 11) is 0. The van der Waals surface area contributed by atoms with E-state index in [-0.39, 0.29) is 5.91 Å². The average Bonchev–Trinajstić information content (AvgIpc) is 2.56. The molecule has 0 aliphatic carbocycles. The zero-order chi connectivity index (χ0) is 12.3. The minimum atomic E-state index is 0.114. The van der Waals surface area contributed by atoms with Gasteiger partial charge in [-0.1, -0.05) is 11.6 Å². The molecule has 1 aromatic carbocycles. The van der Waals surface area contributed by atoms with Crippen LogP contribution in [0.3, 0.4) is 0 Å². The smallest absolute Gasteiger partial charge is 0.254 e. The highest BCUT2D eigenvalue weighted by Gasteiger charge is 2.18. The van der Waals surface area contributed by atoms with Gasteiger partial charge in [0.2, 0.25) is 0 Å². The van der Waals surface area contributed by atoms with Crippen molar-refractivity contribution in [2.45, 2.75) is 13.3 Å². The van der Waals surface area contributed by atoms with Gasteiger partial charge in [-0.05, 0) is 43.7 Å². The Hall–Kier alpha value is -1.06. The monoisotopic (exact) mass is 252 g/mol. The van der Waals surface area contributed by atoms with E-state index in [1.807, 2.05) is 24.0 Å². The lowest BCUT2D eigenvalue weighted by molar-refractivity contribution is 0.0765. The fraction of sp³-hybridized carbons (Fsp3) is 0.462. The fourth-order valence-electron chi connectivity index (χ4n) is 2.09. The van der Waals surface area contributed by atoms with Gasteiger partial charge < -0.3 is 10.2 Å². The molecule has 0 saturated carbocycles. The quantitative estimate of drug-likeness (QED) is 0.830. The molecule has 0 bridgehead atoms. The molecule has 0 unspecified atom stereocenters. The van der Waals surface area contributed by atoms with E-state index in [1.54, 1.807) is 6.07 Å². The van der Waals surface area contributed by atoms with Crippen LogP contribution in [0.4, 0.5) is 0 Å². The van der Waals surface area contributed by atoms with Crippen molar-refractivity contribution < 1.29 is 4.79 Å². The molecule has 0 radical (unpaired) electrons. The van der Waals surface area contributed by atoms with Gasteiger partial charge in [-0.15, -0.1) is 0 Å². The molecule has 92 valence electrons. The summed E-state index contributed by atoms with van der Waals surface area (Å²) in [6, 6.07) is 5.43. The summed E-state index contributed by atoms with van der Waals surface area (Å²) in [5.74, 6) is 0.114. The molecular weight excluding hydrogens is 236 g/mol. The molecule has 0 spiro atoms. The number of benzene rings is 1. The van der Waals surface area contributed by atoms with Crippen molar-refractivity contribution in [1.29, 1.82) is 0 Å². The van der Waals surface area contributed by atoms with Crippen LogP contribution in [0.5, 0.6) is 0 Å². The largest absolute Gasteiger partial charge is 0.337 e. The van der Waals surface area contributed by atoms with Gasteiger partial charge in [0, 0.05) is 30.2 Å². The molecule has 1 amide bonds. The molecule has 0 atom stereocenters. The second-order valence-electron chi connectivity index (χ2n) is 4.35. The van der Waals surface area contributed by atoms with Crippen molar-refractivity contribution in [3.63, 3.8) is 0 Å². The van der Waals surface area contributed by atoms with Crippen molar-refractivity contribution in [3.05, 3.63) is 34.3 Å². The molecule has 0 aromatic heterocycles. The van der Waals surface area contributed by atoms with E-state index in [9.17, 15) is 4.79 Å². The van der Waals surface area contributed by atoms with E-state index < -0.39 is 0 Å². The number of aryl methyl sites for hydroxylation is 1. The predicted octanol–water partition coefficient (Wildman–Crippen LogP) is 2.08. The van der Waals surface area contributed by atoms with Gasteiger partial charge in [-0.2, -0.15) is 0 Å². The van der Waals surface area contributed by atoms with Gasteiger partial charge in [0.15, 0.2) is 0 Å². The normalized spacial score (nSPS) is 16.7. The fourth-order valence-corrected chi connectivity index (χ4v) is 2.31. The van der Waals surface area contributed by atoms with Crippen molar-refractivity contribution in [2.75, 3.05) is 26.2 Å². The second kappa shape index (κ2) is 5.52. The third-order valence-corrected chi connectivity index (χ3v) is 3.28. The van der Waals surface area contributed by atoms with Crippen LogP contribution in [0, 0.1) is 6.92 Å². The summed E-state index contributed by atoms with van der Waals surface area (Å²) in [6.45, 7) is 5.39. The highest BCUT2D eigenvalue weighted by molar-refractivity contribution is 6.30. The Balaban J connectivity index is 2.17. The van der Waals surface area contributed by atoms with Gasteiger partial charge in [0.1, 0.15) is 0 Å². The summed E-state index contributed by atoms with van der Waals surface area (Å²) >= 11 is 5.90. The molecule has 1 saturated heterocycles. The lowest BCUT2D eigenvalue weighted by Crippen LogP contribution is -2.34. The number of amides is 1. The lowest BCUT2D eigenvalue weighted by Gasteiger charge is -2.21. The van der Waals surface area contributed by atoms with Crippen LogP contribution < -0.4 is 5.32 Å². The van der Waals surface area contributed by atoms with Gasteiger partial charge in [-0.3, -0.25) is 4.79 Å². The standard InChI is InChI=1S/C13H17ClN2O/c1-10-9-11(14)3-4-12(10)13(17)16-7-2-5-15-6-8-16/h3-4,9,15H,2,5-8H2,1H3. The van der Waals surface area contributed by atoms with E-state index in [4.69, 9.17) is 11.6 Å². The summed E-state index contributed by atoms with van der Waals surface area (Å²) in [6.07, 6.45) is 1.01. The van der Waals surface area contributed by atoms with Gasteiger partial charge in [0.05, 0.1) is 0 Å². The number of hydrogen-bond donors (Lipinski definition) is 1. The molecule has 17 heavy (non-hydrogen) atoms.